The second-order valence-corrected chi connectivity index (χ2v) is 4.27. The summed E-state index contributed by atoms with van der Waals surface area (Å²) < 4.78 is 17.7. The van der Waals surface area contributed by atoms with Crippen molar-refractivity contribution in [3.05, 3.63) is 35.6 Å². The van der Waals surface area contributed by atoms with Crippen molar-refractivity contribution in [2.45, 2.75) is 25.3 Å². The first-order valence-electron chi connectivity index (χ1n) is 5.83. The Labute approximate surface area is 104 Å². The standard InChI is InChI=1S/C13H14FNO3/c1-2-18-12(17)11(16)15-13(6-7-13)9-4-3-5-10(14)8-9/h3-5,8H,2,6-7H2,1H3,(H,15,16). The third-order valence-electron chi connectivity index (χ3n) is 2.94. The van der Waals surface area contributed by atoms with E-state index in [1.54, 1.807) is 19.1 Å². The average Bonchev–Trinajstić information content (AvgIpc) is 3.10. The Hall–Kier alpha value is -1.91. The number of carbonyl (C=O) groups excluding carboxylic acids is 2. The summed E-state index contributed by atoms with van der Waals surface area (Å²) in [5, 5.41) is 2.62. The highest BCUT2D eigenvalue weighted by Gasteiger charge is 2.46. The Balaban J connectivity index is 2.09. The van der Waals surface area contributed by atoms with E-state index in [1.165, 1.54) is 12.1 Å². The molecule has 4 nitrogen and oxygen atoms in total. The average molecular weight is 251 g/mol. The van der Waals surface area contributed by atoms with Crippen LogP contribution in [0.15, 0.2) is 24.3 Å². The van der Waals surface area contributed by atoms with Crippen LogP contribution in [0.2, 0.25) is 0 Å². The second kappa shape index (κ2) is 4.76. The van der Waals surface area contributed by atoms with Crippen LogP contribution in [0.4, 0.5) is 4.39 Å². The van der Waals surface area contributed by atoms with Crippen LogP contribution >= 0.6 is 0 Å². The van der Waals surface area contributed by atoms with Gasteiger partial charge in [0.1, 0.15) is 5.82 Å². The van der Waals surface area contributed by atoms with E-state index < -0.39 is 17.4 Å². The molecule has 0 radical (unpaired) electrons. The Morgan fingerprint density at radius 1 is 1.44 bits per heavy atom. The Bertz CT molecular complexity index is 483. The molecule has 0 aliphatic heterocycles. The maximum atomic E-state index is 13.1. The van der Waals surface area contributed by atoms with Crippen molar-refractivity contribution in [2.24, 2.45) is 0 Å². The number of benzene rings is 1. The summed E-state index contributed by atoms with van der Waals surface area (Å²) in [5.74, 6) is -2.04. The molecule has 1 amide bonds. The van der Waals surface area contributed by atoms with Gasteiger partial charge in [-0.2, -0.15) is 0 Å². The summed E-state index contributed by atoms with van der Waals surface area (Å²) in [5.41, 5.74) is 0.0755. The number of halogens is 1. The fraction of sp³-hybridized carbons (Fsp3) is 0.385. The molecule has 0 bridgehead atoms. The van der Waals surface area contributed by atoms with Gasteiger partial charge in [-0.1, -0.05) is 12.1 Å². The number of nitrogens with one attached hydrogen (secondary N) is 1. The smallest absolute Gasteiger partial charge is 0.396 e. The van der Waals surface area contributed by atoms with Crippen molar-refractivity contribution in [3.63, 3.8) is 0 Å². The van der Waals surface area contributed by atoms with E-state index in [2.05, 4.69) is 10.1 Å². The zero-order valence-electron chi connectivity index (χ0n) is 10.0. The lowest BCUT2D eigenvalue weighted by Gasteiger charge is -2.17. The third kappa shape index (κ3) is 2.50. The zero-order chi connectivity index (χ0) is 13.2. The lowest BCUT2D eigenvalue weighted by molar-refractivity contribution is -0.155. The number of hydrogen-bond donors (Lipinski definition) is 1. The van der Waals surface area contributed by atoms with Gasteiger partial charge in [0.25, 0.3) is 0 Å². The monoisotopic (exact) mass is 251 g/mol. The van der Waals surface area contributed by atoms with Crippen molar-refractivity contribution in [3.8, 4) is 0 Å². The highest BCUT2D eigenvalue weighted by molar-refractivity contribution is 6.32. The van der Waals surface area contributed by atoms with Gasteiger partial charge in [0, 0.05) is 0 Å². The molecular formula is C13H14FNO3. The van der Waals surface area contributed by atoms with Gasteiger partial charge in [0.15, 0.2) is 0 Å². The fourth-order valence-electron chi connectivity index (χ4n) is 1.86. The van der Waals surface area contributed by atoms with Gasteiger partial charge >= 0.3 is 11.9 Å². The lowest BCUT2D eigenvalue weighted by atomic mass is 10.0. The first kappa shape index (κ1) is 12.5. The minimum absolute atomic E-state index is 0.152. The predicted octanol–water partition coefficient (Wildman–Crippen LogP) is 1.49. The maximum Gasteiger partial charge on any atom is 0.396 e. The molecule has 96 valence electrons. The van der Waals surface area contributed by atoms with Crippen LogP contribution in [0.5, 0.6) is 0 Å². The van der Waals surface area contributed by atoms with Gasteiger partial charge in [0.05, 0.1) is 12.1 Å². The number of rotatable bonds is 3. The number of hydrogen-bond acceptors (Lipinski definition) is 3. The number of carbonyl (C=O) groups is 2. The Morgan fingerprint density at radius 3 is 2.72 bits per heavy atom. The quantitative estimate of drug-likeness (QED) is 0.654. The molecule has 0 heterocycles. The molecule has 0 unspecified atom stereocenters. The van der Waals surface area contributed by atoms with Crippen LogP contribution in [0.25, 0.3) is 0 Å². The minimum atomic E-state index is -0.903. The molecule has 0 aromatic heterocycles. The summed E-state index contributed by atoms with van der Waals surface area (Å²) >= 11 is 0. The van der Waals surface area contributed by atoms with E-state index in [0.29, 0.717) is 18.4 Å². The molecule has 1 saturated carbocycles. The molecule has 1 aliphatic rings. The molecular weight excluding hydrogens is 237 g/mol. The molecule has 0 spiro atoms. The molecule has 1 fully saturated rings. The van der Waals surface area contributed by atoms with Crippen LogP contribution in [-0.4, -0.2) is 18.5 Å². The summed E-state index contributed by atoms with van der Waals surface area (Å²) in [6, 6.07) is 6.04. The van der Waals surface area contributed by atoms with Gasteiger partial charge in [-0.25, -0.2) is 9.18 Å². The summed E-state index contributed by atoms with van der Waals surface area (Å²) in [6.45, 7) is 1.78. The number of amides is 1. The molecule has 2 rings (SSSR count). The number of ether oxygens (including phenoxy) is 1. The van der Waals surface area contributed by atoms with Crippen molar-refractivity contribution in [2.75, 3.05) is 6.61 Å². The van der Waals surface area contributed by atoms with E-state index in [1.807, 2.05) is 0 Å². The van der Waals surface area contributed by atoms with Crippen LogP contribution in [-0.2, 0) is 19.9 Å². The molecule has 5 heteroatoms. The van der Waals surface area contributed by atoms with Crippen LogP contribution in [0, 0.1) is 5.82 Å². The van der Waals surface area contributed by atoms with Gasteiger partial charge < -0.3 is 10.1 Å². The van der Waals surface area contributed by atoms with Gasteiger partial charge in [-0.3, -0.25) is 4.79 Å². The highest BCUT2D eigenvalue weighted by atomic mass is 19.1. The summed E-state index contributed by atoms with van der Waals surface area (Å²) in [6.07, 6.45) is 1.39. The van der Waals surface area contributed by atoms with Crippen LogP contribution < -0.4 is 5.32 Å². The van der Waals surface area contributed by atoms with E-state index in [0.717, 1.165) is 0 Å². The van der Waals surface area contributed by atoms with Crippen molar-refractivity contribution >= 4 is 11.9 Å². The molecule has 18 heavy (non-hydrogen) atoms. The predicted molar refractivity (Wildman–Crippen MR) is 62.1 cm³/mol. The first-order chi connectivity index (χ1) is 8.57. The number of esters is 1. The van der Waals surface area contributed by atoms with Crippen LogP contribution in [0.1, 0.15) is 25.3 Å². The molecule has 1 aliphatic carbocycles. The van der Waals surface area contributed by atoms with E-state index >= 15 is 0 Å². The van der Waals surface area contributed by atoms with E-state index in [9.17, 15) is 14.0 Å². The normalized spacial score (nSPS) is 15.9. The van der Waals surface area contributed by atoms with E-state index in [4.69, 9.17) is 0 Å². The lowest BCUT2D eigenvalue weighted by Crippen LogP contribution is -2.40. The second-order valence-electron chi connectivity index (χ2n) is 4.27. The molecule has 0 saturated heterocycles. The highest BCUT2D eigenvalue weighted by Crippen LogP contribution is 2.45. The zero-order valence-corrected chi connectivity index (χ0v) is 10.0. The molecule has 1 aromatic rings. The minimum Gasteiger partial charge on any atom is -0.459 e. The van der Waals surface area contributed by atoms with Crippen molar-refractivity contribution < 1.29 is 18.7 Å². The van der Waals surface area contributed by atoms with Crippen molar-refractivity contribution in [1.29, 1.82) is 0 Å². The Kier molecular flexibility index (Phi) is 3.32. The molecule has 0 atom stereocenters. The topological polar surface area (TPSA) is 55.4 Å². The SMILES string of the molecule is CCOC(=O)C(=O)NC1(c2cccc(F)c2)CC1. The summed E-state index contributed by atoms with van der Waals surface area (Å²) in [4.78, 5) is 22.8. The Morgan fingerprint density at radius 2 is 2.17 bits per heavy atom. The third-order valence-corrected chi connectivity index (χ3v) is 2.94. The first-order valence-corrected chi connectivity index (χ1v) is 5.83. The van der Waals surface area contributed by atoms with Crippen molar-refractivity contribution in [1.82, 2.24) is 5.32 Å². The summed E-state index contributed by atoms with van der Waals surface area (Å²) in [7, 11) is 0. The van der Waals surface area contributed by atoms with Gasteiger partial charge in [0.2, 0.25) is 0 Å². The largest absolute Gasteiger partial charge is 0.459 e. The van der Waals surface area contributed by atoms with E-state index in [-0.39, 0.29) is 12.4 Å². The molecule has 1 aromatic carbocycles. The molecule has 1 N–H and O–H groups in total. The van der Waals surface area contributed by atoms with Crippen LogP contribution in [0.3, 0.4) is 0 Å². The van der Waals surface area contributed by atoms with Gasteiger partial charge in [-0.15, -0.1) is 0 Å². The van der Waals surface area contributed by atoms with Gasteiger partial charge in [-0.05, 0) is 37.5 Å². The fourth-order valence-corrected chi connectivity index (χ4v) is 1.86. The maximum absolute atomic E-state index is 13.1.